The molecule has 2 rings (SSSR count). The summed E-state index contributed by atoms with van der Waals surface area (Å²) >= 11 is 0. The highest BCUT2D eigenvalue weighted by molar-refractivity contribution is 6.02. The van der Waals surface area contributed by atoms with E-state index in [1.165, 1.54) is 25.1 Å². The highest BCUT2D eigenvalue weighted by Crippen LogP contribution is 2.40. The molecule has 3 N–H and O–H groups in total. The van der Waals surface area contributed by atoms with E-state index in [9.17, 15) is 20.1 Å². The molecule has 0 spiro atoms. The number of rotatable bonds is 0. The Hall–Kier alpha value is -1.39. The largest absolute Gasteiger partial charge is 0.507 e. The fourth-order valence-electron chi connectivity index (χ4n) is 1.93. The van der Waals surface area contributed by atoms with Crippen molar-refractivity contribution in [2.24, 2.45) is 0 Å². The van der Waals surface area contributed by atoms with Crippen LogP contribution in [0.2, 0.25) is 0 Å². The Morgan fingerprint density at radius 3 is 2.80 bits per heavy atom. The van der Waals surface area contributed by atoms with Crippen LogP contribution in [0, 0.1) is 0 Å². The van der Waals surface area contributed by atoms with Crippen LogP contribution >= 0.6 is 0 Å². The van der Waals surface area contributed by atoms with Gasteiger partial charge in [-0.05, 0) is 18.6 Å². The first-order chi connectivity index (χ1) is 6.93. The number of aliphatic hydroxyl groups excluding tert-OH is 1. The van der Waals surface area contributed by atoms with Gasteiger partial charge in [-0.1, -0.05) is 12.1 Å². The third kappa shape index (κ3) is 1.42. The van der Waals surface area contributed by atoms with Crippen molar-refractivity contribution < 1.29 is 20.1 Å². The second-order valence-electron chi connectivity index (χ2n) is 4.10. The van der Waals surface area contributed by atoms with Gasteiger partial charge in [0.15, 0.2) is 5.78 Å². The zero-order chi connectivity index (χ0) is 11.2. The molecule has 0 bridgehead atoms. The van der Waals surface area contributed by atoms with Crippen LogP contribution in [-0.2, 0) is 0 Å². The van der Waals surface area contributed by atoms with Gasteiger partial charge in [0.1, 0.15) is 11.9 Å². The molecular formula is C11H12O4. The molecule has 0 radical (unpaired) electrons. The SMILES string of the molecule is C[C@]1(O)CC(=O)c2c(O)cccc2[C@H]1O. The average Bonchev–Trinajstić information content (AvgIpc) is 2.13. The summed E-state index contributed by atoms with van der Waals surface area (Å²) in [7, 11) is 0. The van der Waals surface area contributed by atoms with E-state index in [-0.39, 0.29) is 29.1 Å². The third-order valence-electron chi connectivity index (χ3n) is 2.76. The predicted molar refractivity (Wildman–Crippen MR) is 52.6 cm³/mol. The Balaban J connectivity index is 2.64. The van der Waals surface area contributed by atoms with Crippen LogP contribution in [0.1, 0.15) is 35.4 Å². The number of carbonyl (C=O) groups is 1. The van der Waals surface area contributed by atoms with Crippen LogP contribution in [-0.4, -0.2) is 26.7 Å². The van der Waals surface area contributed by atoms with E-state index in [1.807, 2.05) is 0 Å². The monoisotopic (exact) mass is 208 g/mol. The van der Waals surface area contributed by atoms with Crippen molar-refractivity contribution in [2.75, 3.05) is 0 Å². The van der Waals surface area contributed by atoms with Crippen LogP contribution < -0.4 is 0 Å². The van der Waals surface area contributed by atoms with Crippen LogP contribution in [0.5, 0.6) is 5.75 Å². The van der Waals surface area contributed by atoms with Crippen LogP contribution in [0.3, 0.4) is 0 Å². The third-order valence-corrected chi connectivity index (χ3v) is 2.76. The van der Waals surface area contributed by atoms with Gasteiger partial charge in [0.25, 0.3) is 0 Å². The number of ketones is 1. The minimum Gasteiger partial charge on any atom is -0.507 e. The molecule has 0 unspecified atom stereocenters. The van der Waals surface area contributed by atoms with Gasteiger partial charge in [0.05, 0.1) is 11.2 Å². The molecule has 1 aliphatic carbocycles. The van der Waals surface area contributed by atoms with Crippen LogP contribution in [0.15, 0.2) is 18.2 Å². The summed E-state index contributed by atoms with van der Waals surface area (Å²) in [5.41, 5.74) is -1.05. The molecule has 0 aromatic heterocycles. The molecule has 0 saturated carbocycles. The van der Waals surface area contributed by atoms with Gasteiger partial charge in [-0.2, -0.15) is 0 Å². The van der Waals surface area contributed by atoms with Gasteiger partial charge in [-0.3, -0.25) is 4.79 Å². The average molecular weight is 208 g/mol. The van der Waals surface area contributed by atoms with E-state index >= 15 is 0 Å². The summed E-state index contributed by atoms with van der Waals surface area (Å²) in [6, 6.07) is 4.46. The molecule has 0 aliphatic heterocycles. The lowest BCUT2D eigenvalue weighted by atomic mass is 9.78. The molecule has 15 heavy (non-hydrogen) atoms. The van der Waals surface area contributed by atoms with Crippen LogP contribution in [0.25, 0.3) is 0 Å². The quantitative estimate of drug-likeness (QED) is 0.588. The second-order valence-corrected chi connectivity index (χ2v) is 4.10. The number of phenolic OH excluding ortho intramolecular Hbond substituents is 1. The molecule has 0 fully saturated rings. The summed E-state index contributed by atoms with van der Waals surface area (Å²) in [5, 5.41) is 29.1. The standard InChI is InChI=1S/C11H12O4/c1-11(15)5-8(13)9-6(10(11)14)3-2-4-7(9)12/h2-4,10,12,14-15H,5H2,1H3/t10-,11+/m1/s1. The summed E-state index contributed by atoms with van der Waals surface area (Å²) in [6.45, 7) is 1.41. The topological polar surface area (TPSA) is 77.8 Å². The first kappa shape index (κ1) is 10.1. The summed E-state index contributed by atoms with van der Waals surface area (Å²) < 4.78 is 0. The first-order valence-electron chi connectivity index (χ1n) is 4.69. The first-order valence-corrected chi connectivity index (χ1v) is 4.69. The van der Waals surface area contributed by atoms with E-state index in [1.54, 1.807) is 0 Å². The molecule has 0 heterocycles. The van der Waals surface area contributed by atoms with Gasteiger partial charge in [-0.25, -0.2) is 0 Å². The van der Waals surface area contributed by atoms with Crippen molar-refractivity contribution in [1.82, 2.24) is 0 Å². The highest BCUT2D eigenvalue weighted by Gasteiger charge is 2.41. The molecule has 1 aromatic rings. The molecule has 1 aromatic carbocycles. The number of hydrogen-bond acceptors (Lipinski definition) is 4. The Morgan fingerprint density at radius 2 is 2.13 bits per heavy atom. The number of phenols is 1. The maximum Gasteiger partial charge on any atom is 0.169 e. The van der Waals surface area contributed by atoms with Gasteiger partial charge in [-0.15, -0.1) is 0 Å². The molecule has 2 atom stereocenters. The van der Waals surface area contributed by atoms with E-state index in [0.29, 0.717) is 0 Å². The van der Waals surface area contributed by atoms with Gasteiger partial charge >= 0.3 is 0 Å². The molecule has 0 amide bonds. The summed E-state index contributed by atoms with van der Waals surface area (Å²) in [4.78, 5) is 11.6. The lowest BCUT2D eigenvalue weighted by Gasteiger charge is -2.34. The zero-order valence-corrected chi connectivity index (χ0v) is 8.27. The van der Waals surface area contributed by atoms with Crippen molar-refractivity contribution in [3.8, 4) is 5.75 Å². The normalized spacial score (nSPS) is 30.1. The Kier molecular flexibility index (Phi) is 2.06. The zero-order valence-electron chi connectivity index (χ0n) is 8.27. The van der Waals surface area contributed by atoms with E-state index in [0.717, 1.165) is 0 Å². The lowest BCUT2D eigenvalue weighted by Crippen LogP contribution is -2.40. The number of fused-ring (bicyclic) bond motifs is 1. The van der Waals surface area contributed by atoms with Crippen molar-refractivity contribution in [3.05, 3.63) is 29.3 Å². The maximum absolute atomic E-state index is 11.6. The van der Waals surface area contributed by atoms with Gasteiger partial charge in [0, 0.05) is 6.42 Å². The van der Waals surface area contributed by atoms with Gasteiger partial charge in [0.2, 0.25) is 0 Å². The van der Waals surface area contributed by atoms with Gasteiger partial charge < -0.3 is 15.3 Å². The number of aromatic hydroxyl groups is 1. The number of aliphatic hydroxyl groups is 2. The number of hydrogen-bond donors (Lipinski definition) is 3. The Morgan fingerprint density at radius 1 is 1.47 bits per heavy atom. The van der Waals surface area contributed by atoms with E-state index < -0.39 is 11.7 Å². The predicted octanol–water partition coefficient (Wildman–Crippen LogP) is 0.763. The lowest BCUT2D eigenvalue weighted by molar-refractivity contribution is -0.0676. The molecular weight excluding hydrogens is 196 g/mol. The fourth-order valence-corrected chi connectivity index (χ4v) is 1.93. The smallest absolute Gasteiger partial charge is 0.169 e. The molecule has 80 valence electrons. The minimum absolute atomic E-state index is 0.122. The van der Waals surface area contributed by atoms with Crippen molar-refractivity contribution in [2.45, 2.75) is 25.0 Å². The second kappa shape index (κ2) is 3.05. The molecule has 0 saturated heterocycles. The Bertz CT molecular complexity index is 423. The summed E-state index contributed by atoms with van der Waals surface area (Å²) in [6.07, 6.45) is -1.32. The molecule has 1 aliphatic rings. The van der Waals surface area contributed by atoms with Crippen molar-refractivity contribution in [3.63, 3.8) is 0 Å². The Labute approximate surface area is 86.8 Å². The van der Waals surface area contributed by atoms with E-state index in [4.69, 9.17) is 0 Å². The minimum atomic E-state index is -1.46. The maximum atomic E-state index is 11.6. The number of Topliss-reactive ketones (excluding diaryl/α,β-unsaturated/α-hetero) is 1. The number of benzene rings is 1. The van der Waals surface area contributed by atoms with Crippen LogP contribution in [0.4, 0.5) is 0 Å². The molecule has 4 nitrogen and oxygen atoms in total. The van der Waals surface area contributed by atoms with Crippen molar-refractivity contribution in [1.29, 1.82) is 0 Å². The number of carbonyl (C=O) groups excluding carboxylic acids is 1. The van der Waals surface area contributed by atoms with Crippen molar-refractivity contribution >= 4 is 5.78 Å². The fraction of sp³-hybridized carbons (Fsp3) is 0.364. The highest BCUT2D eigenvalue weighted by atomic mass is 16.3. The molecule has 4 heteroatoms. The van der Waals surface area contributed by atoms with E-state index in [2.05, 4.69) is 0 Å². The summed E-state index contributed by atoms with van der Waals surface area (Å²) in [5.74, 6) is -0.495.